The largest absolute Gasteiger partial charge is 0.456 e. The first-order chi connectivity index (χ1) is 22.3. The second kappa shape index (κ2) is 9.22. The number of hydrogen-bond donors (Lipinski definition) is 0. The third-order valence-electron chi connectivity index (χ3n) is 9.31. The minimum atomic E-state index is 0.894. The summed E-state index contributed by atoms with van der Waals surface area (Å²) in [5.74, 6) is 0. The van der Waals surface area contributed by atoms with Gasteiger partial charge in [0.15, 0.2) is 0 Å². The molecule has 0 amide bonds. The molecule has 10 rings (SSSR count). The molecule has 0 N–H and O–H groups in total. The lowest BCUT2D eigenvalue weighted by Gasteiger charge is -2.14. The lowest BCUT2D eigenvalue weighted by molar-refractivity contribution is 0.669. The van der Waals surface area contributed by atoms with E-state index in [2.05, 4.69) is 161 Å². The molecule has 0 aliphatic heterocycles. The topological polar surface area (TPSA) is 23.0 Å². The Bertz CT molecular complexity index is 2720. The van der Waals surface area contributed by atoms with Crippen molar-refractivity contribution in [3.8, 4) is 22.5 Å². The van der Waals surface area contributed by atoms with Gasteiger partial charge in [0.1, 0.15) is 11.2 Å². The van der Waals surface area contributed by atoms with Crippen molar-refractivity contribution in [3.63, 3.8) is 0 Å². The maximum Gasteiger partial charge on any atom is 0.137 e. The molecule has 210 valence electrons. The molecule has 0 fully saturated rings. The SMILES string of the molecule is c1cc(-c2cccc3c4ccccc4n(-c4cccc5oc6ccccc6c45)c23)cc(-n2c3ccccc3c3ccccc32)c1. The van der Waals surface area contributed by atoms with Crippen molar-refractivity contribution in [1.29, 1.82) is 0 Å². The van der Waals surface area contributed by atoms with Crippen molar-refractivity contribution in [2.24, 2.45) is 0 Å². The van der Waals surface area contributed by atoms with Crippen LogP contribution in [0, 0.1) is 0 Å². The Morgan fingerprint density at radius 1 is 0.400 bits per heavy atom. The zero-order valence-corrected chi connectivity index (χ0v) is 24.3. The zero-order chi connectivity index (χ0) is 29.5. The second-order valence-electron chi connectivity index (χ2n) is 11.7. The molecule has 0 atom stereocenters. The van der Waals surface area contributed by atoms with Crippen LogP contribution in [0.25, 0.3) is 88.1 Å². The van der Waals surface area contributed by atoms with Crippen LogP contribution in [0.2, 0.25) is 0 Å². The molecule has 3 heteroatoms. The van der Waals surface area contributed by atoms with Crippen molar-refractivity contribution in [2.45, 2.75) is 0 Å². The maximum absolute atomic E-state index is 6.34. The molecule has 3 heterocycles. The van der Waals surface area contributed by atoms with E-state index >= 15 is 0 Å². The molecule has 3 aromatic heterocycles. The van der Waals surface area contributed by atoms with E-state index in [-0.39, 0.29) is 0 Å². The van der Waals surface area contributed by atoms with Gasteiger partial charge in [0.2, 0.25) is 0 Å². The summed E-state index contributed by atoms with van der Waals surface area (Å²) >= 11 is 0. The quantitative estimate of drug-likeness (QED) is 0.206. The van der Waals surface area contributed by atoms with E-state index in [4.69, 9.17) is 4.42 Å². The van der Waals surface area contributed by atoms with Crippen molar-refractivity contribution in [3.05, 3.63) is 158 Å². The average molecular weight is 575 g/mol. The van der Waals surface area contributed by atoms with Gasteiger partial charge in [-0.25, -0.2) is 0 Å². The predicted octanol–water partition coefficient (Wildman–Crippen LogP) is 11.4. The van der Waals surface area contributed by atoms with Gasteiger partial charge >= 0.3 is 0 Å². The monoisotopic (exact) mass is 574 g/mol. The fraction of sp³-hybridized carbons (Fsp3) is 0. The minimum absolute atomic E-state index is 0.894. The van der Waals surface area contributed by atoms with Crippen LogP contribution >= 0.6 is 0 Å². The van der Waals surface area contributed by atoms with Gasteiger partial charge in [-0.15, -0.1) is 0 Å². The van der Waals surface area contributed by atoms with E-state index < -0.39 is 0 Å². The highest BCUT2D eigenvalue weighted by molar-refractivity contribution is 6.17. The van der Waals surface area contributed by atoms with Crippen molar-refractivity contribution < 1.29 is 4.42 Å². The summed E-state index contributed by atoms with van der Waals surface area (Å²) in [6.45, 7) is 0. The summed E-state index contributed by atoms with van der Waals surface area (Å²) in [6, 6.07) is 56.5. The fourth-order valence-electron chi connectivity index (χ4n) is 7.46. The number of nitrogens with zero attached hydrogens (tertiary/aromatic N) is 2. The Morgan fingerprint density at radius 2 is 0.956 bits per heavy atom. The molecule has 0 aliphatic rings. The van der Waals surface area contributed by atoms with Crippen molar-refractivity contribution >= 4 is 65.6 Å². The lowest BCUT2D eigenvalue weighted by Crippen LogP contribution is -1.97. The van der Waals surface area contributed by atoms with E-state index in [1.807, 2.05) is 6.07 Å². The second-order valence-corrected chi connectivity index (χ2v) is 11.7. The van der Waals surface area contributed by atoms with Gasteiger partial charge in [0, 0.05) is 38.2 Å². The van der Waals surface area contributed by atoms with Crippen molar-refractivity contribution in [1.82, 2.24) is 9.13 Å². The van der Waals surface area contributed by atoms with E-state index in [9.17, 15) is 0 Å². The van der Waals surface area contributed by atoms with Crippen molar-refractivity contribution in [2.75, 3.05) is 0 Å². The Balaban J connectivity index is 1.29. The minimum Gasteiger partial charge on any atom is -0.456 e. The van der Waals surface area contributed by atoms with Gasteiger partial charge in [-0.2, -0.15) is 0 Å². The number of furan rings is 1. The number of para-hydroxylation sites is 5. The maximum atomic E-state index is 6.34. The van der Waals surface area contributed by atoms with Gasteiger partial charge in [0.25, 0.3) is 0 Å². The average Bonchev–Trinajstić information content (AvgIpc) is 3.76. The summed E-state index contributed by atoms with van der Waals surface area (Å²) in [6.07, 6.45) is 0. The van der Waals surface area contributed by atoms with Crippen LogP contribution in [0.5, 0.6) is 0 Å². The molecule has 0 bridgehead atoms. The standard InChI is InChI=1S/C42H26N2O/c1-5-20-35-30(14-1)31-15-2-6-21-36(31)43(35)28-13-9-12-27(26-28)29-18-10-19-33-32-16-3-7-22-37(32)44(42(29)33)38-23-11-25-40-41(38)34-17-4-8-24-39(34)45-40/h1-26H. The number of benzene rings is 7. The zero-order valence-electron chi connectivity index (χ0n) is 24.3. The fourth-order valence-corrected chi connectivity index (χ4v) is 7.46. The molecule has 3 nitrogen and oxygen atoms in total. The summed E-state index contributed by atoms with van der Waals surface area (Å²) in [5.41, 5.74) is 11.2. The van der Waals surface area contributed by atoms with Crippen LogP contribution < -0.4 is 0 Å². The summed E-state index contributed by atoms with van der Waals surface area (Å²) in [4.78, 5) is 0. The van der Waals surface area contributed by atoms with Crippen LogP contribution in [0.4, 0.5) is 0 Å². The Morgan fingerprint density at radius 3 is 1.71 bits per heavy atom. The highest BCUT2D eigenvalue weighted by Crippen LogP contribution is 2.42. The molecule has 0 saturated heterocycles. The first-order valence-corrected chi connectivity index (χ1v) is 15.4. The molecule has 0 unspecified atom stereocenters. The Kier molecular flexibility index (Phi) is 5.00. The summed E-state index contributed by atoms with van der Waals surface area (Å²) in [5, 5.41) is 7.25. The third-order valence-corrected chi connectivity index (χ3v) is 9.31. The first kappa shape index (κ1) is 24.4. The highest BCUT2D eigenvalue weighted by Gasteiger charge is 2.20. The molecule has 7 aromatic carbocycles. The van der Waals surface area contributed by atoms with E-state index in [0.717, 1.165) is 33.3 Å². The molecular weight excluding hydrogens is 548 g/mol. The molecular formula is C42H26N2O. The van der Waals surface area contributed by atoms with Crippen LogP contribution in [0.3, 0.4) is 0 Å². The molecule has 45 heavy (non-hydrogen) atoms. The predicted molar refractivity (Wildman–Crippen MR) is 188 cm³/mol. The van der Waals surface area contributed by atoms with Crippen LogP contribution in [0.15, 0.2) is 162 Å². The lowest BCUT2D eigenvalue weighted by atomic mass is 10.0. The van der Waals surface area contributed by atoms with E-state index in [1.54, 1.807) is 0 Å². The van der Waals surface area contributed by atoms with Gasteiger partial charge in [-0.3, -0.25) is 0 Å². The summed E-state index contributed by atoms with van der Waals surface area (Å²) < 4.78 is 11.2. The molecule has 0 radical (unpaired) electrons. The third kappa shape index (κ3) is 3.41. The number of aromatic nitrogens is 2. The molecule has 0 saturated carbocycles. The van der Waals surface area contributed by atoms with Gasteiger partial charge in [-0.1, -0.05) is 109 Å². The van der Waals surface area contributed by atoms with Crippen LogP contribution in [-0.4, -0.2) is 9.13 Å². The molecule has 0 spiro atoms. The van der Waals surface area contributed by atoms with Gasteiger partial charge < -0.3 is 13.6 Å². The highest BCUT2D eigenvalue weighted by atomic mass is 16.3. The van der Waals surface area contributed by atoms with Gasteiger partial charge in [0.05, 0.1) is 33.1 Å². The number of hydrogen-bond acceptors (Lipinski definition) is 1. The van der Waals surface area contributed by atoms with Crippen LogP contribution in [-0.2, 0) is 0 Å². The van der Waals surface area contributed by atoms with E-state index in [0.29, 0.717) is 0 Å². The Labute approximate surface area is 258 Å². The van der Waals surface area contributed by atoms with Crippen LogP contribution in [0.1, 0.15) is 0 Å². The molecule has 10 aromatic rings. The van der Waals surface area contributed by atoms with E-state index in [1.165, 1.54) is 54.7 Å². The van der Waals surface area contributed by atoms with Gasteiger partial charge in [-0.05, 0) is 54.1 Å². The summed E-state index contributed by atoms with van der Waals surface area (Å²) in [7, 11) is 0. The smallest absolute Gasteiger partial charge is 0.137 e. The Hall–Kier alpha value is -6.06. The normalized spacial score (nSPS) is 12.0. The molecule has 0 aliphatic carbocycles. The number of fused-ring (bicyclic) bond motifs is 9. The number of rotatable bonds is 3. The first-order valence-electron chi connectivity index (χ1n) is 15.4.